The second kappa shape index (κ2) is 4.76. The van der Waals surface area contributed by atoms with Gasteiger partial charge in [0.15, 0.2) is 0 Å². The van der Waals surface area contributed by atoms with E-state index in [0.717, 1.165) is 0 Å². The Hall–Kier alpha value is -1.20. The number of nitro benzene ring substituents is 1. The molecule has 1 N–H and O–H groups in total. The van der Waals surface area contributed by atoms with E-state index in [1.165, 1.54) is 6.07 Å². The Balaban J connectivity index is 3.21. The molecular formula is C11H12BrNO3. The lowest BCUT2D eigenvalue weighted by molar-refractivity contribution is -0.385. The first kappa shape index (κ1) is 12.9. The molecule has 86 valence electrons. The Kier molecular flexibility index (Phi) is 3.83. The maximum absolute atomic E-state index is 10.7. The number of benzene rings is 1. The van der Waals surface area contributed by atoms with Gasteiger partial charge in [0.25, 0.3) is 5.69 Å². The van der Waals surface area contributed by atoms with Gasteiger partial charge < -0.3 is 5.11 Å². The van der Waals surface area contributed by atoms with E-state index in [0.29, 0.717) is 16.5 Å². The minimum atomic E-state index is -1.13. The maximum Gasteiger partial charge on any atom is 0.283 e. The Labute approximate surface area is 102 Å². The third kappa shape index (κ3) is 2.68. The van der Waals surface area contributed by atoms with Gasteiger partial charge in [-0.2, -0.15) is 0 Å². The van der Waals surface area contributed by atoms with Gasteiger partial charge in [0, 0.05) is 6.07 Å². The molecule has 1 aromatic carbocycles. The molecule has 0 amide bonds. The Morgan fingerprint density at radius 3 is 2.81 bits per heavy atom. The third-order valence-electron chi connectivity index (χ3n) is 2.31. The molecule has 1 rings (SSSR count). The number of hydrogen-bond acceptors (Lipinski definition) is 3. The molecule has 0 fully saturated rings. The third-order valence-corrected chi connectivity index (χ3v) is 2.98. The highest BCUT2D eigenvalue weighted by Gasteiger charge is 2.24. The van der Waals surface area contributed by atoms with E-state index in [9.17, 15) is 15.2 Å². The largest absolute Gasteiger partial charge is 0.385 e. The molecular weight excluding hydrogens is 274 g/mol. The lowest BCUT2D eigenvalue weighted by Crippen LogP contribution is -2.20. The Morgan fingerprint density at radius 1 is 1.69 bits per heavy atom. The van der Waals surface area contributed by atoms with Crippen LogP contribution in [0.25, 0.3) is 0 Å². The zero-order valence-electron chi connectivity index (χ0n) is 8.81. The minimum absolute atomic E-state index is 0.0539. The van der Waals surface area contributed by atoms with Gasteiger partial charge in [-0.25, -0.2) is 0 Å². The lowest BCUT2D eigenvalue weighted by atomic mass is 9.92. The molecule has 0 aliphatic heterocycles. The molecule has 0 saturated heterocycles. The van der Waals surface area contributed by atoms with Gasteiger partial charge in [-0.05, 0) is 40.9 Å². The van der Waals surface area contributed by atoms with Crippen LogP contribution in [0.2, 0.25) is 0 Å². The highest BCUT2D eigenvalue weighted by atomic mass is 79.9. The predicted octanol–water partition coefficient (Wildman–Crippen LogP) is 3.14. The summed E-state index contributed by atoms with van der Waals surface area (Å²) < 4.78 is 0.399. The van der Waals surface area contributed by atoms with Crippen molar-refractivity contribution in [3.63, 3.8) is 0 Å². The number of halogens is 1. The first-order valence-corrected chi connectivity index (χ1v) is 5.45. The monoisotopic (exact) mass is 285 g/mol. The van der Waals surface area contributed by atoms with Crippen molar-refractivity contribution >= 4 is 21.6 Å². The molecule has 0 aromatic heterocycles. The summed E-state index contributed by atoms with van der Waals surface area (Å²) >= 11 is 3.09. The topological polar surface area (TPSA) is 63.4 Å². The van der Waals surface area contributed by atoms with Crippen LogP contribution in [0, 0.1) is 10.1 Å². The number of rotatable bonds is 4. The van der Waals surface area contributed by atoms with Crippen LogP contribution in [0.3, 0.4) is 0 Å². The molecule has 0 radical (unpaired) electrons. The fraction of sp³-hybridized carbons (Fsp3) is 0.273. The van der Waals surface area contributed by atoms with Crippen LogP contribution < -0.4 is 0 Å². The van der Waals surface area contributed by atoms with Crippen molar-refractivity contribution in [2.75, 3.05) is 0 Å². The van der Waals surface area contributed by atoms with Crippen molar-refractivity contribution in [3.05, 3.63) is 51.0 Å². The van der Waals surface area contributed by atoms with E-state index in [1.807, 2.05) is 0 Å². The van der Waals surface area contributed by atoms with Gasteiger partial charge in [0.05, 0.1) is 15.0 Å². The molecule has 0 aliphatic carbocycles. The molecule has 0 heterocycles. The van der Waals surface area contributed by atoms with Crippen molar-refractivity contribution < 1.29 is 10.0 Å². The SMILES string of the molecule is C=CCC(C)(O)c1ccc(Br)c([N+](=O)[O-])c1. The van der Waals surface area contributed by atoms with Gasteiger partial charge in [-0.1, -0.05) is 12.1 Å². The predicted molar refractivity (Wildman–Crippen MR) is 65.2 cm³/mol. The number of nitro groups is 1. The second-order valence-electron chi connectivity index (χ2n) is 3.69. The average Bonchev–Trinajstić information content (AvgIpc) is 2.17. The Bertz CT molecular complexity index is 429. The van der Waals surface area contributed by atoms with Crippen LogP contribution in [0.15, 0.2) is 35.3 Å². The lowest BCUT2D eigenvalue weighted by Gasteiger charge is -2.21. The summed E-state index contributed by atoms with van der Waals surface area (Å²) in [5.41, 5.74) is -0.683. The molecule has 0 bridgehead atoms. The summed E-state index contributed by atoms with van der Waals surface area (Å²) in [6.45, 7) is 5.14. The Morgan fingerprint density at radius 2 is 2.31 bits per heavy atom. The maximum atomic E-state index is 10.7. The van der Waals surface area contributed by atoms with Crippen LogP contribution in [0.1, 0.15) is 18.9 Å². The van der Waals surface area contributed by atoms with E-state index in [2.05, 4.69) is 22.5 Å². The average molecular weight is 286 g/mol. The summed E-state index contributed by atoms with van der Waals surface area (Å²) in [5.74, 6) is 0. The first-order chi connectivity index (χ1) is 7.38. The van der Waals surface area contributed by atoms with Gasteiger partial charge in [-0.3, -0.25) is 10.1 Å². The van der Waals surface area contributed by atoms with Gasteiger partial charge in [0.1, 0.15) is 0 Å². The van der Waals surface area contributed by atoms with Crippen LogP contribution in [0.5, 0.6) is 0 Å². The van der Waals surface area contributed by atoms with Gasteiger partial charge in [-0.15, -0.1) is 6.58 Å². The smallest absolute Gasteiger partial charge is 0.283 e. The van der Waals surface area contributed by atoms with Crippen molar-refractivity contribution in [1.29, 1.82) is 0 Å². The van der Waals surface area contributed by atoms with E-state index < -0.39 is 10.5 Å². The summed E-state index contributed by atoms with van der Waals surface area (Å²) in [4.78, 5) is 10.2. The quantitative estimate of drug-likeness (QED) is 0.525. The second-order valence-corrected chi connectivity index (χ2v) is 4.54. The zero-order chi connectivity index (χ0) is 12.3. The van der Waals surface area contributed by atoms with E-state index in [-0.39, 0.29) is 5.69 Å². The van der Waals surface area contributed by atoms with Crippen LogP contribution in [-0.2, 0) is 5.60 Å². The summed E-state index contributed by atoms with van der Waals surface area (Å²) in [6.07, 6.45) is 1.92. The minimum Gasteiger partial charge on any atom is -0.385 e. The standard InChI is InChI=1S/C11H12BrNO3/c1-3-6-11(2,14)8-4-5-9(12)10(7-8)13(15)16/h3-5,7,14H,1,6H2,2H3. The summed E-state index contributed by atoms with van der Waals surface area (Å²) in [5, 5.41) is 20.8. The molecule has 5 heteroatoms. The van der Waals surface area contributed by atoms with Crippen LogP contribution in [0.4, 0.5) is 5.69 Å². The van der Waals surface area contributed by atoms with E-state index in [4.69, 9.17) is 0 Å². The van der Waals surface area contributed by atoms with Gasteiger partial charge >= 0.3 is 0 Å². The normalized spacial score (nSPS) is 14.2. The molecule has 0 aliphatic rings. The highest BCUT2D eigenvalue weighted by Crippen LogP contribution is 2.32. The summed E-state index contributed by atoms with van der Waals surface area (Å²) in [7, 11) is 0. The van der Waals surface area contributed by atoms with Crippen molar-refractivity contribution in [2.45, 2.75) is 18.9 Å². The summed E-state index contributed by atoms with van der Waals surface area (Å²) in [6, 6.07) is 4.58. The zero-order valence-corrected chi connectivity index (χ0v) is 10.4. The molecule has 0 saturated carbocycles. The highest BCUT2D eigenvalue weighted by molar-refractivity contribution is 9.10. The van der Waals surface area contributed by atoms with Crippen molar-refractivity contribution in [2.24, 2.45) is 0 Å². The molecule has 0 spiro atoms. The van der Waals surface area contributed by atoms with Crippen molar-refractivity contribution in [3.8, 4) is 0 Å². The molecule has 1 aromatic rings. The van der Waals surface area contributed by atoms with Crippen molar-refractivity contribution in [1.82, 2.24) is 0 Å². The fourth-order valence-corrected chi connectivity index (χ4v) is 1.78. The molecule has 1 atom stereocenters. The van der Waals surface area contributed by atoms with Crippen LogP contribution in [-0.4, -0.2) is 10.0 Å². The first-order valence-electron chi connectivity index (χ1n) is 4.66. The van der Waals surface area contributed by atoms with Crippen LogP contribution >= 0.6 is 15.9 Å². The number of aliphatic hydroxyl groups is 1. The molecule has 4 nitrogen and oxygen atoms in total. The number of hydrogen-bond donors (Lipinski definition) is 1. The van der Waals surface area contributed by atoms with E-state index >= 15 is 0 Å². The van der Waals surface area contributed by atoms with Gasteiger partial charge in [0.2, 0.25) is 0 Å². The number of nitrogens with zero attached hydrogens (tertiary/aromatic N) is 1. The fourth-order valence-electron chi connectivity index (χ4n) is 1.39. The van der Waals surface area contributed by atoms with E-state index in [1.54, 1.807) is 25.1 Å². The molecule has 1 unspecified atom stereocenters. The molecule has 16 heavy (non-hydrogen) atoms.